The third-order valence-corrected chi connectivity index (χ3v) is 2.27. The van der Waals surface area contributed by atoms with Gasteiger partial charge >= 0.3 is 0 Å². The van der Waals surface area contributed by atoms with E-state index in [0.717, 1.165) is 0 Å². The topological polar surface area (TPSA) is 20.2 Å². The van der Waals surface area contributed by atoms with Gasteiger partial charge in [0.15, 0.2) is 6.10 Å². The van der Waals surface area contributed by atoms with Crippen molar-refractivity contribution in [1.82, 2.24) is 0 Å². The molecule has 0 heterocycles. The van der Waals surface area contributed by atoms with Crippen LogP contribution in [0.5, 0.6) is 0 Å². The lowest BCUT2D eigenvalue weighted by atomic mass is 10.1. The Hall–Kier alpha value is -1.96. The normalized spacial score (nSPS) is 17.6. The maximum absolute atomic E-state index is 9.53. The fourth-order valence-corrected chi connectivity index (χ4v) is 1.44. The molecule has 1 N–H and O–H groups in total. The molecule has 1 heteroatoms. The maximum atomic E-state index is 9.53. The average Bonchev–Trinajstić information content (AvgIpc) is 2.96. The van der Waals surface area contributed by atoms with Crippen LogP contribution in [-0.4, -0.2) is 11.2 Å². The molecule has 0 fully saturated rings. The van der Waals surface area contributed by atoms with Crippen LogP contribution in [-0.2, 0) is 0 Å². The van der Waals surface area contributed by atoms with Crippen LogP contribution >= 0.6 is 0 Å². The molecule has 0 aliphatic heterocycles. The highest BCUT2D eigenvalue weighted by molar-refractivity contribution is 5.33. The molecule has 0 bridgehead atoms. The van der Waals surface area contributed by atoms with Gasteiger partial charge in [-0.25, -0.2) is 0 Å². The van der Waals surface area contributed by atoms with Crippen LogP contribution in [0.2, 0.25) is 0 Å². The van der Waals surface area contributed by atoms with Crippen molar-refractivity contribution in [3.8, 4) is 23.7 Å². The van der Waals surface area contributed by atoms with Gasteiger partial charge in [0.1, 0.15) is 0 Å². The van der Waals surface area contributed by atoms with Crippen LogP contribution in [0.25, 0.3) is 0 Å². The Balaban J connectivity index is 1.90. The standard InChI is InChI=1S/C15H12O/c16-15(11-9-13-5-1-2-6-13)12-10-14-7-3-4-8-14/h1-8,13-16H. The van der Waals surface area contributed by atoms with Crippen molar-refractivity contribution in [2.24, 2.45) is 11.8 Å². The van der Waals surface area contributed by atoms with Gasteiger partial charge in [0, 0.05) is 0 Å². The third-order valence-electron chi connectivity index (χ3n) is 2.27. The van der Waals surface area contributed by atoms with E-state index in [1.807, 2.05) is 48.6 Å². The van der Waals surface area contributed by atoms with E-state index < -0.39 is 6.10 Å². The summed E-state index contributed by atoms with van der Waals surface area (Å²) in [6.07, 6.45) is 14.9. The molecule has 2 aliphatic carbocycles. The molecule has 0 saturated carbocycles. The highest BCUT2D eigenvalue weighted by Crippen LogP contribution is 2.07. The number of hydrogen-bond donors (Lipinski definition) is 1. The zero-order chi connectivity index (χ0) is 11.2. The Morgan fingerprint density at radius 1 is 0.750 bits per heavy atom. The Bertz CT molecular complexity index is 413. The molecule has 0 radical (unpaired) electrons. The van der Waals surface area contributed by atoms with E-state index in [2.05, 4.69) is 23.7 Å². The van der Waals surface area contributed by atoms with E-state index >= 15 is 0 Å². The molecule has 0 spiro atoms. The lowest BCUT2D eigenvalue weighted by Crippen LogP contribution is -1.99. The summed E-state index contributed by atoms with van der Waals surface area (Å²) in [6.45, 7) is 0. The smallest absolute Gasteiger partial charge is 0.176 e. The van der Waals surface area contributed by atoms with Crippen molar-refractivity contribution in [3.05, 3.63) is 48.6 Å². The predicted molar refractivity (Wildman–Crippen MR) is 65.1 cm³/mol. The monoisotopic (exact) mass is 208 g/mol. The summed E-state index contributed by atoms with van der Waals surface area (Å²) in [5.74, 6) is 11.6. The summed E-state index contributed by atoms with van der Waals surface area (Å²) in [4.78, 5) is 0. The van der Waals surface area contributed by atoms with Gasteiger partial charge in [-0.2, -0.15) is 0 Å². The fraction of sp³-hybridized carbons (Fsp3) is 0.200. The van der Waals surface area contributed by atoms with E-state index in [0.29, 0.717) is 0 Å². The second kappa shape index (κ2) is 5.21. The zero-order valence-corrected chi connectivity index (χ0v) is 8.80. The van der Waals surface area contributed by atoms with Gasteiger partial charge in [0.05, 0.1) is 11.8 Å². The van der Waals surface area contributed by atoms with Crippen LogP contribution in [0.3, 0.4) is 0 Å². The Labute approximate surface area is 95.9 Å². The highest BCUT2D eigenvalue weighted by Gasteiger charge is 2.00. The van der Waals surface area contributed by atoms with E-state index in [9.17, 15) is 5.11 Å². The van der Waals surface area contributed by atoms with E-state index in [1.54, 1.807) is 0 Å². The number of aliphatic hydroxyl groups excluding tert-OH is 1. The summed E-state index contributed by atoms with van der Waals surface area (Å²) in [7, 11) is 0. The van der Waals surface area contributed by atoms with Gasteiger partial charge in [-0.1, -0.05) is 72.3 Å². The van der Waals surface area contributed by atoms with Crippen molar-refractivity contribution in [2.75, 3.05) is 0 Å². The van der Waals surface area contributed by atoms with Gasteiger partial charge in [-0.3, -0.25) is 0 Å². The first-order chi connectivity index (χ1) is 7.84. The minimum atomic E-state index is -0.857. The van der Waals surface area contributed by atoms with Gasteiger partial charge in [0.25, 0.3) is 0 Å². The molecule has 16 heavy (non-hydrogen) atoms. The average molecular weight is 208 g/mol. The van der Waals surface area contributed by atoms with Crippen LogP contribution in [0.15, 0.2) is 48.6 Å². The zero-order valence-electron chi connectivity index (χ0n) is 8.80. The first-order valence-corrected chi connectivity index (χ1v) is 5.25. The third kappa shape index (κ3) is 3.02. The summed E-state index contributed by atoms with van der Waals surface area (Å²) < 4.78 is 0. The molecule has 0 aromatic carbocycles. The molecule has 0 saturated heterocycles. The highest BCUT2D eigenvalue weighted by atomic mass is 16.3. The first kappa shape index (κ1) is 10.6. The second-order valence-corrected chi connectivity index (χ2v) is 3.57. The predicted octanol–water partition coefficient (Wildman–Crippen LogP) is 1.84. The van der Waals surface area contributed by atoms with Crippen molar-refractivity contribution in [1.29, 1.82) is 0 Å². The fourth-order valence-electron chi connectivity index (χ4n) is 1.44. The summed E-state index contributed by atoms with van der Waals surface area (Å²) in [6, 6.07) is 0. The summed E-state index contributed by atoms with van der Waals surface area (Å²) in [5, 5.41) is 9.53. The number of rotatable bonds is 0. The van der Waals surface area contributed by atoms with Crippen molar-refractivity contribution < 1.29 is 5.11 Å². The number of hydrogen-bond acceptors (Lipinski definition) is 1. The molecule has 0 atom stereocenters. The lowest BCUT2D eigenvalue weighted by Gasteiger charge is -1.94. The van der Waals surface area contributed by atoms with Crippen LogP contribution in [0, 0.1) is 35.5 Å². The van der Waals surface area contributed by atoms with Crippen LogP contribution < -0.4 is 0 Å². The minimum absolute atomic E-state index is 0.128. The lowest BCUT2D eigenvalue weighted by molar-refractivity contribution is 0.289. The summed E-state index contributed by atoms with van der Waals surface area (Å²) in [5.41, 5.74) is 0. The quantitative estimate of drug-likeness (QED) is 0.602. The molecule has 0 aromatic heterocycles. The molecule has 2 rings (SSSR count). The number of allylic oxidation sites excluding steroid dienone is 8. The van der Waals surface area contributed by atoms with Gasteiger partial charge in [-0.05, 0) is 0 Å². The molecule has 78 valence electrons. The first-order valence-electron chi connectivity index (χ1n) is 5.25. The van der Waals surface area contributed by atoms with Crippen LogP contribution in [0.1, 0.15) is 0 Å². The Kier molecular flexibility index (Phi) is 3.44. The van der Waals surface area contributed by atoms with Crippen molar-refractivity contribution >= 4 is 0 Å². The summed E-state index contributed by atoms with van der Waals surface area (Å²) >= 11 is 0. The van der Waals surface area contributed by atoms with Crippen molar-refractivity contribution in [2.45, 2.75) is 6.10 Å². The Morgan fingerprint density at radius 2 is 1.12 bits per heavy atom. The molecule has 1 nitrogen and oxygen atoms in total. The molecule has 0 amide bonds. The van der Waals surface area contributed by atoms with Gasteiger partial charge < -0.3 is 5.11 Å². The van der Waals surface area contributed by atoms with E-state index in [-0.39, 0.29) is 11.8 Å². The molecular formula is C15H12O. The van der Waals surface area contributed by atoms with E-state index in [1.165, 1.54) is 0 Å². The minimum Gasteiger partial charge on any atom is -0.369 e. The SMILES string of the molecule is OC(C#CC1C=CC=C1)C#CC1C=CC=C1. The molecular weight excluding hydrogens is 196 g/mol. The maximum Gasteiger partial charge on any atom is 0.176 e. The van der Waals surface area contributed by atoms with Gasteiger partial charge in [0.2, 0.25) is 0 Å². The van der Waals surface area contributed by atoms with Crippen molar-refractivity contribution in [3.63, 3.8) is 0 Å². The van der Waals surface area contributed by atoms with E-state index in [4.69, 9.17) is 0 Å². The molecule has 0 unspecified atom stereocenters. The number of aliphatic hydroxyl groups is 1. The van der Waals surface area contributed by atoms with Crippen LogP contribution in [0.4, 0.5) is 0 Å². The van der Waals surface area contributed by atoms with Gasteiger partial charge in [-0.15, -0.1) is 0 Å². The Morgan fingerprint density at radius 3 is 1.50 bits per heavy atom. The largest absolute Gasteiger partial charge is 0.369 e. The second-order valence-electron chi connectivity index (χ2n) is 3.57. The molecule has 2 aliphatic rings. The molecule has 0 aromatic rings.